The van der Waals surface area contributed by atoms with E-state index in [1.54, 1.807) is 5.48 Å². The summed E-state index contributed by atoms with van der Waals surface area (Å²) < 4.78 is 0. The van der Waals surface area contributed by atoms with Crippen LogP contribution in [0.25, 0.3) is 0 Å². The largest absolute Gasteiger partial charge is 0.289 e. The summed E-state index contributed by atoms with van der Waals surface area (Å²) in [7, 11) is 0. The summed E-state index contributed by atoms with van der Waals surface area (Å²) in [6, 6.07) is 8.30. The second-order valence-electron chi connectivity index (χ2n) is 8.80. The fourth-order valence-electron chi connectivity index (χ4n) is 6.31. The van der Waals surface area contributed by atoms with Crippen molar-refractivity contribution >= 4 is 5.91 Å². The van der Waals surface area contributed by atoms with Gasteiger partial charge in [0.05, 0.1) is 6.42 Å². The van der Waals surface area contributed by atoms with Gasteiger partial charge in [0.1, 0.15) is 0 Å². The second kappa shape index (κ2) is 6.51. The van der Waals surface area contributed by atoms with Gasteiger partial charge in [-0.25, -0.2) is 5.48 Å². The zero-order valence-corrected chi connectivity index (χ0v) is 14.5. The molecule has 1 amide bonds. The van der Waals surface area contributed by atoms with Crippen molar-refractivity contribution in [3.63, 3.8) is 0 Å². The third-order valence-electron chi connectivity index (χ3n) is 6.85. The summed E-state index contributed by atoms with van der Waals surface area (Å²) in [5, 5.41) is 8.58. The highest BCUT2D eigenvalue weighted by molar-refractivity contribution is 5.77. The number of carbonyl (C=O) groups excluding carboxylic acids is 1. The summed E-state index contributed by atoms with van der Waals surface area (Å²) in [6.07, 6.45) is 13.2. The number of hydrogen-bond acceptors (Lipinski definition) is 2. The minimum absolute atomic E-state index is 0.240. The molecular weight excluding hydrogens is 298 g/mol. The molecule has 3 nitrogen and oxygen atoms in total. The van der Waals surface area contributed by atoms with Gasteiger partial charge in [0, 0.05) is 0 Å². The fraction of sp³-hybridized carbons (Fsp3) is 0.667. The Hall–Kier alpha value is -1.35. The molecule has 4 aliphatic carbocycles. The van der Waals surface area contributed by atoms with E-state index in [2.05, 4.69) is 12.1 Å². The van der Waals surface area contributed by atoms with E-state index in [0.717, 1.165) is 29.7 Å². The Morgan fingerprint density at radius 2 is 1.54 bits per heavy atom. The molecule has 4 bridgehead atoms. The minimum atomic E-state index is -0.357. The summed E-state index contributed by atoms with van der Waals surface area (Å²) in [5.74, 6) is 2.79. The molecule has 0 saturated heterocycles. The molecule has 2 N–H and O–H groups in total. The second-order valence-corrected chi connectivity index (χ2v) is 8.80. The number of carbonyl (C=O) groups is 1. The normalized spacial score (nSPS) is 33.6. The first kappa shape index (κ1) is 16.1. The van der Waals surface area contributed by atoms with Crippen molar-refractivity contribution in [2.45, 2.75) is 64.2 Å². The van der Waals surface area contributed by atoms with E-state index in [-0.39, 0.29) is 12.3 Å². The fourth-order valence-corrected chi connectivity index (χ4v) is 6.31. The number of benzene rings is 1. The number of nitrogens with one attached hydrogen (secondary N) is 1. The van der Waals surface area contributed by atoms with Gasteiger partial charge in [-0.2, -0.15) is 0 Å². The SMILES string of the molecule is O=C(Cc1ccc(CCCC23CC4CC(CC(C4)C2)C3)cc1)NO. The molecule has 24 heavy (non-hydrogen) atoms. The highest BCUT2D eigenvalue weighted by atomic mass is 16.5. The van der Waals surface area contributed by atoms with Gasteiger partial charge in [0.15, 0.2) is 0 Å². The highest BCUT2D eigenvalue weighted by Gasteiger charge is 2.50. The van der Waals surface area contributed by atoms with Gasteiger partial charge in [0.2, 0.25) is 5.91 Å². The summed E-state index contributed by atoms with van der Waals surface area (Å²) in [4.78, 5) is 11.2. The molecule has 1 aromatic rings. The maximum Gasteiger partial charge on any atom is 0.247 e. The predicted molar refractivity (Wildman–Crippen MR) is 93.6 cm³/mol. The first-order valence-corrected chi connectivity index (χ1v) is 9.65. The van der Waals surface area contributed by atoms with E-state index in [1.807, 2.05) is 12.1 Å². The molecule has 3 heteroatoms. The van der Waals surface area contributed by atoms with Gasteiger partial charge in [-0.15, -0.1) is 0 Å². The van der Waals surface area contributed by atoms with Crippen molar-refractivity contribution in [3.8, 4) is 0 Å². The van der Waals surface area contributed by atoms with Gasteiger partial charge < -0.3 is 0 Å². The Morgan fingerprint density at radius 1 is 1.00 bits per heavy atom. The monoisotopic (exact) mass is 327 g/mol. The van der Waals surface area contributed by atoms with Crippen LogP contribution in [-0.2, 0) is 17.6 Å². The van der Waals surface area contributed by atoms with E-state index in [0.29, 0.717) is 5.41 Å². The Labute approximate surface area is 144 Å². The molecule has 0 spiro atoms. The molecule has 0 aromatic heterocycles. The van der Waals surface area contributed by atoms with Crippen LogP contribution in [0, 0.1) is 23.2 Å². The predicted octanol–water partition coefficient (Wildman–Crippen LogP) is 4.27. The van der Waals surface area contributed by atoms with Crippen LogP contribution in [0.15, 0.2) is 24.3 Å². The van der Waals surface area contributed by atoms with Crippen LogP contribution in [0.5, 0.6) is 0 Å². The molecule has 5 rings (SSSR count). The number of amides is 1. The molecule has 0 radical (unpaired) electrons. The average Bonchev–Trinajstić information content (AvgIpc) is 2.55. The van der Waals surface area contributed by atoms with Crippen LogP contribution in [0.2, 0.25) is 0 Å². The average molecular weight is 327 g/mol. The van der Waals surface area contributed by atoms with Crippen LogP contribution in [-0.4, -0.2) is 11.1 Å². The van der Waals surface area contributed by atoms with Crippen molar-refractivity contribution in [1.82, 2.24) is 5.48 Å². The van der Waals surface area contributed by atoms with E-state index in [1.165, 1.54) is 56.9 Å². The number of aryl methyl sites for hydroxylation is 1. The minimum Gasteiger partial charge on any atom is -0.289 e. The lowest BCUT2D eigenvalue weighted by molar-refractivity contribution is -0.128. The number of rotatable bonds is 6. The molecule has 4 fully saturated rings. The van der Waals surface area contributed by atoms with Crippen LogP contribution in [0.3, 0.4) is 0 Å². The maximum atomic E-state index is 11.2. The molecule has 0 unspecified atom stereocenters. The van der Waals surface area contributed by atoms with Gasteiger partial charge >= 0.3 is 0 Å². The van der Waals surface area contributed by atoms with E-state index in [9.17, 15) is 4.79 Å². The Kier molecular flexibility index (Phi) is 4.38. The van der Waals surface area contributed by atoms with Crippen LogP contribution in [0.1, 0.15) is 62.5 Å². The molecule has 4 aliphatic rings. The first-order valence-electron chi connectivity index (χ1n) is 9.65. The van der Waals surface area contributed by atoms with Gasteiger partial charge in [-0.1, -0.05) is 24.3 Å². The van der Waals surface area contributed by atoms with E-state index in [4.69, 9.17) is 5.21 Å². The summed E-state index contributed by atoms with van der Waals surface area (Å²) in [5.41, 5.74) is 4.69. The Bertz CT molecular complexity index is 557. The Morgan fingerprint density at radius 3 is 2.08 bits per heavy atom. The highest BCUT2D eigenvalue weighted by Crippen LogP contribution is 2.61. The standard InChI is InChI=1S/C21H29NO2/c23-20(22-24)11-16-5-3-15(4-6-16)2-1-7-21-12-17-8-18(13-21)10-19(9-17)14-21/h3-6,17-19,24H,1-2,7-14H2,(H,22,23). The van der Waals surface area contributed by atoms with Crippen molar-refractivity contribution in [2.24, 2.45) is 23.2 Å². The van der Waals surface area contributed by atoms with Crippen LogP contribution < -0.4 is 5.48 Å². The van der Waals surface area contributed by atoms with Gasteiger partial charge in [0.25, 0.3) is 0 Å². The third-order valence-corrected chi connectivity index (χ3v) is 6.85. The van der Waals surface area contributed by atoms with E-state index >= 15 is 0 Å². The molecule has 0 aliphatic heterocycles. The lowest BCUT2D eigenvalue weighted by Crippen LogP contribution is -2.45. The van der Waals surface area contributed by atoms with Crippen molar-refractivity contribution in [1.29, 1.82) is 0 Å². The third kappa shape index (κ3) is 3.37. The number of hydrogen-bond donors (Lipinski definition) is 2. The van der Waals surface area contributed by atoms with Crippen molar-refractivity contribution < 1.29 is 10.0 Å². The van der Waals surface area contributed by atoms with Gasteiger partial charge in [-0.05, 0) is 92.1 Å². The van der Waals surface area contributed by atoms with E-state index < -0.39 is 0 Å². The van der Waals surface area contributed by atoms with Crippen molar-refractivity contribution in [2.75, 3.05) is 0 Å². The van der Waals surface area contributed by atoms with Gasteiger partial charge in [-0.3, -0.25) is 10.0 Å². The molecule has 0 heterocycles. The molecule has 4 saturated carbocycles. The number of hydroxylamine groups is 1. The Balaban J connectivity index is 1.29. The zero-order valence-electron chi connectivity index (χ0n) is 14.5. The molecular formula is C21H29NO2. The smallest absolute Gasteiger partial charge is 0.247 e. The first-order chi connectivity index (χ1) is 11.6. The lowest BCUT2D eigenvalue weighted by Gasteiger charge is -2.57. The van der Waals surface area contributed by atoms with Crippen molar-refractivity contribution in [3.05, 3.63) is 35.4 Å². The maximum absolute atomic E-state index is 11.2. The summed E-state index contributed by atoms with van der Waals surface area (Å²) in [6.45, 7) is 0. The summed E-state index contributed by atoms with van der Waals surface area (Å²) >= 11 is 0. The van der Waals surface area contributed by atoms with Crippen LogP contribution >= 0.6 is 0 Å². The molecule has 0 atom stereocenters. The zero-order chi connectivity index (χ0) is 16.6. The van der Waals surface area contributed by atoms with Crippen LogP contribution in [0.4, 0.5) is 0 Å². The molecule has 1 aromatic carbocycles. The lowest BCUT2D eigenvalue weighted by atomic mass is 9.48. The quantitative estimate of drug-likeness (QED) is 0.605. The molecule has 130 valence electrons. The topological polar surface area (TPSA) is 49.3 Å².